The number of benzene rings is 2. The number of likely N-dealkylation sites (N-methyl/N-ethyl adjacent to an activating group) is 1. The molecule has 0 fully saturated rings. The minimum Gasteiger partial charge on any atom is -0.475 e. The molecular weight excluding hydrogens is 554 g/mol. The van der Waals surface area contributed by atoms with Crippen LogP contribution in [0.15, 0.2) is 69.4 Å². The molecule has 1 amide bonds. The summed E-state index contributed by atoms with van der Waals surface area (Å²) in [6.45, 7) is 6.57. The number of carbonyl (C=O) groups is 1. The van der Waals surface area contributed by atoms with Crippen molar-refractivity contribution in [2.75, 3.05) is 17.7 Å². The van der Waals surface area contributed by atoms with Gasteiger partial charge in [-0.15, -0.1) is 0 Å². The molecule has 3 heterocycles. The molecule has 0 radical (unpaired) electrons. The maximum Gasteiger partial charge on any atom is 0.275 e. The van der Waals surface area contributed by atoms with Gasteiger partial charge in [0.1, 0.15) is 5.52 Å². The van der Waals surface area contributed by atoms with Crippen molar-refractivity contribution in [1.29, 1.82) is 0 Å². The second-order valence-corrected chi connectivity index (χ2v) is 14.4. The number of rotatable bonds is 5. The minimum atomic E-state index is -4.14. The molecule has 1 aliphatic heterocycles. The Morgan fingerprint density at radius 3 is 2.17 bits per heavy atom. The van der Waals surface area contributed by atoms with Crippen LogP contribution < -0.4 is 15.2 Å². The van der Waals surface area contributed by atoms with Crippen LogP contribution in [-0.4, -0.2) is 49.7 Å². The topological polar surface area (TPSA) is 125 Å². The van der Waals surface area contributed by atoms with E-state index in [2.05, 4.69) is 0 Å². The number of carbonyl (C=O) groups excluding carboxylic acids is 1. The van der Waals surface area contributed by atoms with Crippen molar-refractivity contribution in [2.24, 2.45) is 7.05 Å². The van der Waals surface area contributed by atoms with E-state index in [4.69, 9.17) is 4.74 Å². The van der Waals surface area contributed by atoms with Crippen LogP contribution in [-0.2, 0) is 31.7 Å². The standard InChI is InChI=1S/C28H29N3O7S2/c1-7-39(34,35)19-14-21(25-23(15-19)30(6)27(33)28(3,4)38-25)22-16-29(5)26(32)24-20(22)12-13-31(24)40(36,37)18-10-8-17(2)9-11-18/h8-16H,7H2,1-6H3. The van der Waals surface area contributed by atoms with Gasteiger partial charge in [-0.3, -0.25) is 9.59 Å². The third-order valence-corrected chi connectivity index (χ3v) is 10.6. The number of hydrogen-bond acceptors (Lipinski definition) is 7. The number of fused-ring (bicyclic) bond motifs is 2. The van der Waals surface area contributed by atoms with Gasteiger partial charge in [0.2, 0.25) is 0 Å². The Balaban J connectivity index is 1.87. The fourth-order valence-corrected chi connectivity index (χ4v) is 7.14. The number of ether oxygens (including phenoxy) is 1. The second kappa shape index (κ2) is 9.07. The minimum absolute atomic E-state index is 0.0155. The highest BCUT2D eigenvalue weighted by atomic mass is 32.2. The fourth-order valence-electron chi connectivity index (χ4n) is 4.87. The van der Waals surface area contributed by atoms with Gasteiger partial charge in [0.15, 0.2) is 21.2 Å². The highest BCUT2D eigenvalue weighted by molar-refractivity contribution is 7.91. The third-order valence-electron chi connectivity index (χ3n) is 7.18. The first kappa shape index (κ1) is 27.7. The smallest absolute Gasteiger partial charge is 0.275 e. The molecule has 4 aromatic rings. The SMILES string of the molecule is CCS(=O)(=O)c1cc(-c2cn(C)c(=O)c3c2ccn3S(=O)(=O)c2ccc(C)cc2)c2c(c1)N(C)C(=O)C(C)(C)O2. The first-order chi connectivity index (χ1) is 18.6. The van der Waals surface area contributed by atoms with Crippen molar-refractivity contribution in [1.82, 2.24) is 8.54 Å². The van der Waals surface area contributed by atoms with Crippen molar-refractivity contribution in [2.45, 2.75) is 43.1 Å². The summed E-state index contributed by atoms with van der Waals surface area (Å²) in [6.07, 6.45) is 2.82. The lowest BCUT2D eigenvalue weighted by Gasteiger charge is -2.38. The number of aromatic nitrogens is 2. The summed E-state index contributed by atoms with van der Waals surface area (Å²) in [5, 5.41) is 0.285. The number of aryl methyl sites for hydroxylation is 2. The first-order valence-corrected chi connectivity index (χ1v) is 15.6. The lowest BCUT2D eigenvalue weighted by molar-refractivity contribution is -0.132. The largest absolute Gasteiger partial charge is 0.475 e. The average Bonchev–Trinajstić information content (AvgIpc) is 3.36. The monoisotopic (exact) mass is 583 g/mol. The zero-order chi connectivity index (χ0) is 29.4. The quantitative estimate of drug-likeness (QED) is 0.352. The summed E-state index contributed by atoms with van der Waals surface area (Å²) >= 11 is 0. The first-order valence-electron chi connectivity index (χ1n) is 12.5. The van der Waals surface area contributed by atoms with E-state index >= 15 is 0 Å². The highest BCUT2D eigenvalue weighted by Gasteiger charge is 2.41. The maximum absolute atomic E-state index is 13.6. The number of anilines is 1. The van der Waals surface area contributed by atoms with Crippen LogP contribution in [0.4, 0.5) is 5.69 Å². The molecule has 0 atom stereocenters. The molecule has 0 saturated carbocycles. The normalized spacial score (nSPS) is 15.2. The van der Waals surface area contributed by atoms with E-state index in [1.807, 2.05) is 6.92 Å². The molecule has 0 saturated heterocycles. The number of sulfone groups is 1. The van der Waals surface area contributed by atoms with E-state index in [1.54, 1.807) is 33.0 Å². The van der Waals surface area contributed by atoms with Gasteiger partial charge in [0.25, 0.3) is 21.5 Å². The number of amides is 1. The Hall–Kier alpha value is -3.90. The average molecular weight is 584 g/mol. The number of nitrogens with zero attached hydrogens (tertiary/aromatic N) is 3. The highest BCUT2D eigenvalue weighted by Crippen LogP contribution is 2.47. The molecule has 5 rings (SSSR count). The molecule has 0 unspecified atom stereocenters. The van der Waals surface area contributed by atoms with Gasteiger partial charge >= 0.3 is 0 Å². The van der Waals surface area contributed by atoms with E-state index in [1.165, 1.54) is 66.2 Å². The summed E-state index contributed by atoms with van der Waals surface area (Å²) in [5.41, 5.74) is -0.102. The van der Waals surface area contributed by atoms with E-state index in [9.17, 15) is 26.4 Å². The Labute approximate surface area is 232 Å². The summed E-state index contributed by atoms with van der Waals surface area (Å²) in [6, 6.07) is 10.6. The van der Waals surface area contributed by atoms with Gasteiger partial charge in [-0.05, 0) is 51.1 Å². The van der Waals surface area contributed by atoms with Gasteiger partial charge in [-0.1, -0.05) is 24.6 Å². The summed E-state index contributed by atoms with van der Waals surface area (Å²) < 4.78 is 61.6. The van der Waals surface area contributed by atoms with E-state index in [0.717, 1.165) is 9.54 Å². The fraction of sp³-hybridized carbons (Fsp3) is 0.286. The van der Waals surface area contributed by atoms with Crippen molar-refractivity contribution in [3.05, 3.63) is 70.8 Å². The lowest BCUT2D eigenvalue weighted by Crippen LogP contribution is -2.51. The van der Waals surface area contributed by atoms with Gasteiger partial charge in [-0.25, -0.2) is 20.8 Å². The van der Waals surface area contributed by atoms with Crippen molar-refractivity contribution >= 4 is 42.4 Å². The molecular formula is C28H29N3O7S2. The molecule has 40 heavy (non-hydrogen) atoms. The summed E-state index contributed by atoms with van der Waals surface area (Å²) in [4.78, 5) is 27.7. The lowest BCUT2D eigenvalue weighted by atomic mass is 9.98. The summed E-state index contributed by atoms with van der Waals surface area (Å²) in [5.74, 6) is -0.294. The molecule has 210 valence electrons. The number of pyridine rings is 1. The zero-order valence-corrected chi connectivity index (χ0v) is 24.6. The second-order valence-electron chi connectivity index (χ2n) is 10.3. The molecule has 2 aromatic heterocycles. The predicted molar refractivity (Wildman–Crippen MR) is 152 cm³/mol. The van der Waals surface area contributed by atoms with Crippen LogP contribution in [0, 0.1) is 6.92 Å². The van der Waals surface area contributed by atoms with Gasteiger partial charge in [0, 0.05) is 43.0 Å². The maximum atomic E-state index is 13.6. The predicted octanol–water partition coefficient (Wildman–Crippen LogP) is 3.48. The van der Waals surface area contributed by atoms with Crippen LogP contribution in [0.3, 0.4) is 0 Å². The molecule has 0 N–H and O–H groups in total. The van der Waals surface area contributed by atoms with Crippen LogP contribution in [0.25, 0.3) is 22.0 Å². The molecule has 1 aliphatic rings. The van der Waals surface area contributed by atoms with Crippen molar-refractivity contribution < 1.29 is 26.4 Å². The Kier molecular flexibility index (Phi) is 6.27. The van der Waals surface area contributed by atoms with Gasteiger partial charge in [-0.2, -0.15) is 0 Å². The van der Waals surface area contributed by atoms with E-state index in [-0.39, 0.29) is 43.8 Å². The van der Waals surface area contributed by atoms with Gasteiger partial charge < -0.3 is 14.2 Å². The molecule has 0 spiro atoms. The molecule has 2 aromatic carbocycles. The van der Waals surface area contributed by atoms with Crippen LogP contribution >= 0.6 is 0 Å². The third kappa shape index (κ3) is 4.13. The molecule has 0 aliphatic carbocycles. The van der Waals surface area contributed by atoms with Gasteiger partial charge in [0.05, 0.1) is 21.2 Å². The van der Waals surface area contributed by atoms with Crippen LogP contribution in [0.1, 0.15) is 26.3 Å². The van der Waals surface area contributed by atoms with Crippen molar-refractivity contribution in [3.63, 3.8) is 0 Å². The Bertz CT molecular complexity index is 1990. The zero-order valence-electron chi connectivity index (χ0n) is 22.9. The van der Waals surface area contributed by atoms with Crippen LogP contribution in [0.5, 0.6) is 5.75 Å². The number of hydrogen-bond donors (Lipinski definition) is 0. The molecule has 12 heteroatoms. The van der Waals surface area contributed by atoms with Crippen LogP contribution in [0.2, 0.25) is 0 Å². The Morgan fingerprint density at radius 1 is 0.900 bits per heavy atom. The Morgan fingerprint density at radius 2 is 1.55 bits per heavy atom. The van der Waals surface area contributed by atoms with E-state index < -0.39 is 31.0 Å². The van der Waals surface area contributed by atoms with E-state index in [0.29, 0.717) is 11.1 Å². The van der Waals surface area contributed by atoms with Crippen molar-refractivity contribution in [3.8, 4) is 16.9 Å². The molecule has 10 nitrogen and oxygen atoms in total. The molecule has 0 bridgehead atoms. The summed E-state index contributed by atoms with van der Waals surface area (Å²) in [7, 11) is -4.84.